The summed E-state index contributed by atoms with van der Waals surface area (Å²) in [6, 6.07) is 7.52. The highest BCUT2D eigenvalue weighted by Crippen LogP contribution is 2.47. The minimum Gasteiger partial charge on any atom is -0.325 e. The van der Waals surface area contributed by atoms with Crippen molar-refractivity contribution < 1.29 is 0 Å². The minimum atomic E-state index is 0.663. The van der Waals surface area contributed by atoms with Crippen LogP contribution in [-0.4, -0.2) is 28.6 Å². The van der Waals surface area contributed by atoms with Gasteiger partial charge in [-0.2, -0.15) is 12.6 Å². The van der Waals surface area contributed by atoms with E-state index in [0.717, 1.165) is 11.8 Å². The molecule has 4 heteroatoms. The molecule has 1 aromatic heterocycles. The highest BCUT2D eigenvalue weighted by molar-refractivity contribution is 9.10. The summed E-state index contributed by atoms with van der Waals surface area (Å²) in [6.07, 6.45) is 3.74. The molecule has 0 amide bonds. The number of hydrogen-bond donors (Lipinski definition) is 1. The van der Waals surface area contributed by atoms with Gasteiger partial charge >= 0.3 is 0 Å². The molecule has 0 unspecified atom stereocenters. The normalized spacial score (nSPS) is 27.4. The Morgan fingerprint density at radius 2 is 2.17 bits per heavy atom. The van der Waals surface area contributed by atoms with Gasteiger partial charge < -0.3 is 4.57 Å². The van der Waals surface area contributed by atoms with E-state index in [4.69, 9.17) is 0 Å². The fourth-order valence-corrected chi connectivity index (χ4v) is 6.10. The van der Waals surface area contributed by atoms with Gasteiger partial charge in [-0.1, -0.05) is 26.0 Å². The summed E-state index contributed by atoms with van der Waals surface area (Å²) in [4.78, 5) is 2.76. The lowest BCUT2D eigenvalue weighted by molar-refractivity contribution is 0.0909. The second kappa shape index (κ2) is 6.12. The third kappa shape index (κ3) is 2.40. The molecule has 0 radical (unpaired) electrons. The zero-order valence-electron chi connectivity index (χ0n) is 13.9. The van der Waals surface area contributed by atoms with Crippen LogP contribution in [0, 0.1) is 5.92 Å². The molecule has 2 aliphatic rings. The van der Waals surface area contributed by atoms with E-state index >= 15 is 0 Å². The van der Waals surface area contributed by atoms with Crippen molar-refractivity contribution in [3.8, 4) is 0 Å². The number of likely N-dealkylation sites (tertiary alicyclic amines) is 1. The molecule has 0 saturated carbocycles. The summed E-state index contributed by atoms with van der Waals surface area (Å²) in [6.45, 7) is 7.20. The van der Waals surface area contributed by atoms with E-state index in [2.05, 4.69) is 70.1 Å². The first-order valence-electron chi connectivity index (χ1n) is 8.80. The number of rotatable bonds is 3. The predicted octanol–water partition coefficient (Wildman–Crippen LogP) is 5.05. The average molecular weight is 393 g/mol. The van der Waals surface area contributed by atoms with Crippen LogP contribution in [0.5, 0.6) is 0 Å². The molecule has 23 heavy (non-hydrogen) atoms. The Morgan fingerprint density at radius 1 is 1.35 bits per heavy atom. The molecule has 0 N–H and O–H groups in total. The Labute approximate surface area is 152 Å². The maximum atomic E-state index is 4.55. The molecule has 2 aromatic rings. The van der Waals surface area contributed by atoms with Gasteiger partial charge in [0.15, 0.2) is 0 Å². The maximum Gasteiger partial charge on any atom is 0.0898 e. The summed E-state index contributed by atoms with van der Waals surface area (Å²) in [5.74, 6) is 2.20. The molecule has 4 rings (SSSR count). The van der Waals surface area contributed by atoms with Crippen molar-refractivity contribution >= 4 is 39.5 Å². The molecule has 0 bridgehead atoms. The summed E-state index contributed by atoms with van der Waals surface area (Å²) in [7, 11) is 0. The lowest BCUT2D eigenvalue weighted by Crippen LogP contribution is -2.49. The molecule has 1 aromatic carbocycles. The van der Waals surface area contributed by atoms with E-state index in [-0.39, 0.29) is 0 Å². The number of thiol groups is 1. The zero-order valence-corrected chi connectivity index (χ0v) is 16.4. The molecular formula is C19H25BrN2S. The van der Waals surface area contributed by atoms with Crippen LogP contribution in [0.4, 0.5) is 0 Å². The van der Waals surface area contributed by atoms with Gasteiger partial charge in [-0.25, -0.2) is 0 Å². The van der Waals surface area contributed by atoms with Gasteiger partial charge in [-0.15, -0.1) is 0 Å². The Kier molecular flexibility index (Phi) is 4.27. The second-order valence-electron chi connectivity index (χ2n) is 7.29. The number of hydrogen-bond acceptors (Lipinski definition) is 2. The third-order valence-electron chi connectivity index (χ3n) is 5.75. The first-order valence-corrected chi connectivity index (χ1v) is 10.2. The maximum absolute atomic E-state index is 4.55. The topological polar surface area (TPSA) is 8.17 Å². The molecule has 124 valence electrons. The minimum absolute atomic E-state index is 0.663. The van der Waals surface area contributed by atoms with Crippen LogP contribution in [0.15, 0.2) is 22.8 Å². The first-order chi connectivity index (χ1) is 11.2. The molecule has 0 spiro atoms. The van der Waals surface area contributed by atoms with Gasteiger partial charge in [0.2, 0.25) is 0 Å². The fraction of sp³-hybridized carbons (Fsp3) is 0.579. The van der Waals surface area contributed by atoms with E-state index in [1.165, 1.54) is 53.4 Å². The molecular weight excluding hydrogens is 368 g/mol. The molecule has 1 fully saturated rings. The van der Waals surface area contributed by atoms with Crippen molar-refractivity contribution in [3.05, 3.63) is 33.9 Å². The number of nitrogens with zero attached hydrogens (tertiary/aromatic N) is 2. The molecule has 1 saturated heterocycles. The monoisotopic (exact) mass is 392 g/mol. The van der Waals surface area contributed by atoms with Gasteiger partial charge in [-0.05, 0) is 64.8 Å². The van der Waals surface area contributed by atoms with Crippen LogP contribution >= 0.6 is 28.6 Å². The average Bonchev–Trinajstić information content (AvgIpc) is 2.82. The van der Waals surface area contributed by atoms with Gasteiger partial charge in [0, 0.05) is 23.9 Å². The predicted molar refractivity (Wildman–Crippen MR) is 105 cm³/mol. The lowest BCUT2D eigenvalue weighted by Gasteiger charge is -2.46. The summed E-state index contributed by atoms with van der Waals surface area (Å²) in [5, 5.41) is 1.50. The summed E-state index contributed by atoms with van der Waals surface area (Å²) in [5.41, 5.74) is 4.42. The van der Waals surface area contributed by atoms with E-state index < -0.39 is 0 Å². The van der Waals surface area contributed by atoms with Crippen LogP contribution in [-0.2, 0) is 12.3 Å². The lowest BCUT2D eigenvalue weighted by atomic mass is 9.72. The zero-order chi connectivity index (χ0) is 16.1. The Balaban J connectivity index is 1.89. The smallest absolute Gasteiger partial charge is 0.0898 e. The molecule has 1 aliphatic heterocycles. The number of halogens is 1. The van der Waals surface area contributed by atoms with Crippen LogP contribution in [0.25, 0.3) is 10.9 Å². The van der Waals surface area contributed by atoms with Crippen molar-refractivity contribution in [2.75, 3.05) is 13.1 Å². The fourth-order valence-electron chi connectivity index (χ4n) is 4.93. The number of benzene rings is 1. The number of piperidine rings is 1. The van der Waals surface area contributed by atoms with Crippen LogP contribution in [0.2, 0.25) is 0 Å². The van der Waals surface area contributed by atoms with Crippen LogP contribution < -0.4 is 0 Å². The van der Waals surface area contributed by atoms with Crippen LogP contribution in [0.1, 0.15) is 43.7 Å². The van der Waals surface area contributed by atoms with Crippen LogP contribution in [0.3, 0.4) is 0 Å². The van der Waals surface area contributed by atoms with E-state index in [1.807, 2.05) is 0 Å². The molecule has 1 aliphatic carbocycles. The Morgan fingerprint density at radius 3 is 2.91 bits per heavy atom. The first kappa shape index (κ1) is 16.0. The molecule has 2 nitrogen and oxygen atoms in total. The van der Waals surface area contributed by atoms with Crippen molar-refractivity contribution in [2.45, 2.75) is 50.9 Å². The molecule has 3 atom stereocenters. The van der Waals surface area contributed by atoms with Gasteiger partial charge in [0.05, 0.1) is 16.0 Å². The molecule has 2 heterocycles. The standard InChI is InChI=1S/C19H25BrN2S/c1-3-7-21-10-12(2)8-14-13-5-4-6-16-18(13)15(9-17(14)21)19(20)22(16)11-23/h4-6,12,14,17,23H,3,7-11H2,1-2H3/t12-,14-,17-/m1/s1. The largest absolute Gasteiger partial charge is 0.325 e. The van der Waals surface area contributed by atoms with Gasteiger partial charge in [-0.3, -0.25) is 4.90 Å². The summed E-state index contributed by atoms with van der Waals surface area (Å²) >= 11 is 8.42. The van der Waals surface area contributed by atoms with E-state index in [0.29, 0.717) is 12.0 Å². The van der Waals surface area contributed by atoms with Crippen molar-refractivity contribution in [2.24, 2.45) is 5.92 Å². The van der Waals surface area contributed by atoms with Crippen molar-refractivity contribution in [1.29, 1.82) is 0 Å². The van der Waals surface area contributed by atoms with Gasteiger partial charge in [0.1, 0.15) is 0 Å². The van der Waals surface area contributed by atoms with Gasteiger partial charge in [0.25, 0.3) is 0 Å². The Bertz CT molecular complexity index is 739. The van der Waals surface area contributed by atoms with E-state index in [1.54, 1.807) is 5.56 Å². The van der Waals surface area contributed by atoms with Crippen molar-refractivity contribution in [1.82, 2.24) is 9.47 Å². The SMILES string of the molecule is CCCN1C[C@H](C)C[C@@H]2c3cccc4c3c(c(Br)n4CS)C[C@H]21. The number of aromatic nitrogens is 1. The summed E-state index contributed by atoms with van der Waals surface area (Å²) < 4.78 is 3.55. The Hall–Kier alpha value is -0.450. The van der Waals surface area contributed by atoms with Crippen molar-refractivity contribution in [3.63, 3.8) is 0 Å². The van der Waals surface area contributed by atoms with E-state index in [9.17, 15) is 0 Å². The highest BCUT2D eigenvalue weighted by Gasteiger charge is 2.40. The third-order valence-corrected chi connectivity index (χ3v) is 6.94. The quantitative estimate of drug-likeness (QED) is 0.718. The second-order valence-corrected chi connectivity index (χ2v) is 8.33. The number of fused-ring (bicyclic) bond motifs is 2. The highest BCUT2D eigenvalue weighted by atomic mass is 79.9.